The summed E-state index contributed by atoms with van der Waals surface area (Å²) in [5.74, 6) is 0.630. The number of nitrogens with zero attached hydrogens (tertiary/aromatic N) is 2. The third kappa shape index (κ3) is 1.43. The van der Waals surface area contributed by atoms with E-state index in [9.17, 15) is 0 Å². The van der Waals surface area contributed by atoms with Gasteiger partial charge in [-0.3, -0.25) is 5.01 Å². The van der Waals surface area contributed by atoms with Gasteiger partial charge in [-0.1, -0.05) is 25.4 Å². The van der Waals surface area contributed by atoms with E-state index < -0.39 is 0 Å². The van der Waals surface area contributed by atoms with Crippen LogP contribution in [0.25, 0.3) is 0 Å². The highest BCUT2D eigenvalue weighted by Gasteiger charge is 2.24. The normalized spacial score (nSPS) is 25.9. The van der Waals surface area contributed by atoms with Crippen LogP contribution in [0.3, 0.4) is 0 Å². The van der Waals surface area contributed by atoms with Gasteiger partial charge < -0.3 is 0 Å². The van der Waals surface area contributed by atoms with Gasteiger partial charge >= 0.3 is 0 Å². The van der Waals surface area contributed by atoms with E-state index in [1.807, 2.05) is 12.1 Å². The van der Waals surface area contributed by atoms with Gasteiger partial charge in [-0.25, -0.2) is 0 Å². The zero-order valence-electron chi connectivity index (χ0n) is 6.63. The minimum atomic E-state index is 0.507. The fraction of sp³-hybridized carbons (Fsp3) is 0.857. The molecule has 0 N–H and O–H groups in total. The molecule has 0 saturated carbocycles. The number of hydrazone groups is 1. The van der Waals surface area contributed by atoms with Crippen LogP contribution in [0, 0.1) is 5.92 Å². The first-order valence-corrected chi connectivity index (χ1v) is 3.95. The van der Waals surface area contributed by atoms with Gasteiger partial charge in [0.05, 0.1) is 6.04 Å². The van der Waals surface area contributed by atoms with Crippen molar-refractivity contribution in [3.05, 3.63) is 0 Å². The lowest BCUT2D eigenvalue weighted by atomic mass is 10.0. The van der Waals surface area contributed by atoms with Crippen molar-refractivity contribution in [1.82, 2.24) is 5.01 Å². The van der Waals surface area contributed by atoms with Gasteiger partial charge in [0.1, 0.15) is 5.17 Å². The molecule has 0 spiro atoms. The Labute approximate surface area is 66.9 Å². The average molecular weight is 161 g/mol. The summed E-state index contributed by atoms with van der Waals surface area (Å²) >= 11 is 5.75. The van der Waals surface area contributed by atoms with Crippen molar-refractivity contribution < 1.29 is 0 Å². The maximum atomic E-state index is 5.75. The predicted octanol–water partition coefficient (Wildman–Crippen LogP) is 1.90. The van der Waals surface area contributed by atoms with E-state index in [1.165, 1.54) is 0 Å². The van der Waals surface area contributed by atoms with Crippen LogP contribution in [0.1, 0.15) is 20.3 Å². The number of hydrogen-bond donors (Lipinski definition) is 0. The monoisotopic (exact) mass is 160 g/mol. The first-order chi connectivity index (χ1) is 4.61. The first kappa shape index (κ1) is 7.86. The molecule has 0 saturated heterocycles. The predicted molar refractivity (Wildman–Crippen MR) is 44.3 cm³/mol. The maximum Gasteiger partial charge on any atom is 0.128 e. The topological polar surface area (TPSA) is 15.6 Å². The van der Waals surface area contributed by atoms with Gasteiger partial charge in [-0.2, -0.15) is 5.10 Å². The van der Waals surface area contributed by atoms with Gasteiger partial charge in [-0.05, 0) is 5.92 Å². The van der Waals surface area contributed by atoms with Crippen LogP contribution in [0.2, 0.25) is 0 Å². The summed E-state index contributed by atoms with van der Waals surface area (Å²) in [6, 6.07) is 0.507. The number of rotatable bonds is 1. The summed E-state index contributed by atoms with van der Waals surface area (Å²) in [5.41, 5.74) is 0. The smallest absolute Gasteiger partial charge is 0.128 e. The summed E-state index contributed by atoms with van der Waals surface area (Å²) in [4.78, 5) is 0. The largest absolute Gasteiger partial charge is 0.295 e. The van der Waals surface area contributed by atoms with E-state index >= 15 is 0 Å². The van der Waals surface area contributed by atoms with Crippen molar-refractivity contribution in [3.63, 3.8) is 0 Å². The molecule has 1 aliphatic rings. The number of halogens is 1. The average Bonchev–Trinajstić information content (AvgIpc) is 2.10. The van der Waals surface area contributed by atoms with Crippen LogP contribution in [-0.2, 0) is 0 Å². The van der Waals surface area contributed by atoms with Crippen LogP contribution in [0.5, 0.6) is 0 Å². The summed E-state index contributed by atoms with van der Waals surface area (Å²) in [7, 11) is 1.97. The Morgan fingerprint density at radius 3 is 2.50 bits per heavy atom. The van der Waals surface area contributed by atoms with E-state index in [2.05, 4.69) is 18.9 Å². The zero-order chi connectivity index (χ0) is 7.72. The van der Waals surface area contributed by atoms with Crippen molar-refractivity contribution in [2.24, 2.45) is 11.0 Å². The van der Waals surface area contributed by atoms with E-state index in [4.69, 9.17) is 11.6 Å². The SMILES string of the molecule is CC(C)C1CC(Cl)=NN1C. The first-order valence-electron chi connectivity index (χ1n) is 3.57. The summed E-state index contributed by atoms with van der Waals surface area (Å²) in [6.07, 6.45) is 0.912. The molecule has 58 valence electrons. The Balaban J connectivity index is 2.55. The van der Waals surface area contributed by atoms with Crippen molar-refractivity contribution in [2.45, 2.75) is 26.3 Å². The molecule has 0 aromatic carbocycles. The van der Waals surface area contributed by atoms with Crippen LogP contribution >= 0.6 is 11.6 Å². The fourth-order valence-corrected chi connectivity index (χ4v) is 1.54. The molecule has 0 aliphatic carbocycles. The lowest BCUT2D eigenvalue weighted by Gasteiger charge is -2.21. The molecule has 0 radical (unpaired) electrons. The number of hydrogen-bond acceptors (Lipinski definition) is 2. The standard InChI is InChI=1S/C7H13ClN2/c1-5(2)6-4-7(8)9-10(6)3/h5-6H,4H2,1-3H3. The van der Waals surface area contributed by atoms with Crippen LogP contribution in [0.15, 0.2) is 5.10 Å². The lowest BCUT2D eigenvalue weighted by molar-refractivity contribution is 0.228. The maximum absolute atomic E-state index is 5.75. The summed E-state index contributed by atoms with van der Waals surface area (Å²) < 4.78 is 0. The molecule has 0 aromatic heterocycles. The Kier molecular flexibility index (Phi) is 2.19. The Morgan fingerprint density at radius 2 is 2.30 bits per heavy atom. The third-order valence-corrected chi connectivity index (χ3v) is 2.12. The zero-order valence-corrected chi connectivity index (χ0v) is 7.39. The summed E-state index contributed by atoms with van der Waals surface area (Å²) in [6.45, 7) is 4.37. The highest BCUT2D eigenvalue weighted by molar-refractivity contribution is 6.65. The van der Waals surface area contributed by atoms with Crippen molar-refractivity contribution in [2.75, 3.05) is 7.05 Å². The highest BCUT2D eigenvalue weighted by atomic mass is 35.5. The van der Waals surface area contributed by atoms with Gasteiger partial charge in [0.15, 0.2) is 0 Å². The van der Waals surface area contributed by atoms with E-state index in [1.54, 1.807) is 0 Å². The molecule has 3 heteroatoms. The van der Waals surface area contributed by atoms with Gasteiger partial charge in [0, 0.05) is 13.5 Å². The molecule has 1 unspecified atom stereocenters. The summed E-state index contributed by atoms with van der Waals surface area (Å²) in [5, 5.41) is 6.80. The van der Waals surface area contributed by atoms with Crippen molar-refractivity contribution >= 4 is 16.8 Å². The third-order valence-electron chi connectivity index (χ3n) is 1.89. The Bertz CT molecular complexity index is 154. The van der Waals surface area contributed by atoms with E-state index in [0.717, 1.165) is 11.6 Å². The molecule has 10 heavy (non-hydrogen) atoms. The molecular formula is C7H13ClN2. The van der Waals surface area contributed by atoms with Gasteiger partial charge in [0.25, 0.3) is 0 Å². The Morgan fingerprint density at radius 1 is 1.70 bits per heavy atom. The molecule has 1 atom stereocenters. The fourth-order valence-electron chi connectivity index (χ4n) is 1.26. The highest BCUT2D eigenvalue weighted by Crippen LogP contribution is 2.21. The quantitative estimate of drug-likeness (QED) is 0.572. The molecule has 0 fully saturated rings. The molecule has 0 amide bonds. The van der Waals surface area contributed by atoms with E-state index in [0.29, 0.717) is 12.0 Å². The molecule has 0 bridgehead atoms. The van der Waals surface area contributed by atoms with Gasteiger partial charge in [-0.15, -0.1) is 0 Å². The Hall–Kier alpha value is -0.240. The molecular weight excluding hydrogens is 148 g/mol. The lowest BCUT2D eigenvalue weighted by Crippen LogP contribution is -2.27. The molecule has 1 heterocycles. The second kappa shape index (κ2) is 2.79. The van der Waals surface area contributed by atoms with Crippen LogP contribution in [-0.4, -0.2) is 23.3 Å². The second-order valence-corrected chi connectivity index (χ2v) is 3.50. The molecule has 2 nitrogen and oxygen atoms in total. The molecule has 1 aliphatic heterocycles. The van der Waals surface area contributed by atoms with Crippen LogP contribution in [0.4, 0.5) is 0 Å². The minimum Gasteiger partial charge on any atom is -0.295 e. The van der Waals surface area contributed by atoms with Crippen molar-refractivity contribution in [1.29, 1.82) is 0 Å². The molecule has 1 rings (SSSR count). The van der Waals surface area contributed by atoms with E-state index in [-0.39, 0.29) is 0 Å². The van der Waals surface area contributed by atoms with Crippen molar-refractivity contribution in [3.8, 4) is 0 Å². The molecule has 0 aromatic rings. The minimum absolute atomic E-state index is 0.507. The van der Waals surface area contributed by atoms with Gasteiger partial charge in [0.2, 0.25) is 0 Å². The second-order valence-electron chi connectivity index (χ2n) is 3.07. The van der Waals surface area contributed by atoms with Crippen LogP contribution < -0.4 is 0 Å².